The van der Waals surface area contributed by atoms with E-state index in [1.54, 1.807) is 30.3 Å². The van der Waals surface area contributed by atoms with Crippen LogP contribution >= 0.6 is 23.2 Å². The Morgan fingerprint density at radius 1 is 1.07 bits per heavy atom. The second-order valence-electron chi connectivity index (χ2n) is 6.14. The maximum absolute atomic E-state index is 12.8. The summed E-state index contributed by atoms with van der Waals surface area (Å²) in [6, 6.07) is 10.7. The first-order valence-electron chi connectivity index (χ1n) is 8.73. The molecule has 0 atom stereocenters. The molecule has 2 aromatic carbocycles. The number of carbonyl (C=O) groups excluding carboxylic acids is 1. The number of carbonyl (C=O) groups is 1. The summed E-state index contributed by atoms with van der Waals surface area (Å²) in [6.07, 6.45) is 3.15. The molecule has 29 heavy (non-hydrogen) atoms. The second kappa shape index (κ2) is 9.60. The number of hydrogen-bond donors (Lipinski definition) is 2. The van der Waals surface area contributed by atoms with Gasteiger partial charge in [0.25, 0.3) is 0 Å². The van der Waals surface area contributed by atoms with Crippen molar-refractivity contribution in [1.82, 2.24) is 9.62 Å². The first-order valence-corrected chi connectivity index (χ1v) is 10.9. The fourth-order valence-corrected chi connectivity index (χ4v) is 4.37. The van der Waals surface area contributed by atoms with Crippen molar-refractivity contribution >= 4 is 51.0 Å². The van der Waals surface area contributed by atoms with Crippen LogP contribution in [0, 0.1) is 0 Å². The molecular weight excluding hydrogens is 437 g/mol. The van der Waals surface area contributed by atoms with Gasteiger partial charge >= 0.3 is 6.03 Å². The fourth-order valence-electron chi connectivity index (χ4n) is 2.64. The number of nitrogens with zero attached hydrogens (tertiary/aromatic N) is 1. The maximum Gasteiger partial charge on any atom is 0.323 e. The zero-order valence-electron chi connectivity index (χ0n) is 15.3. The molecule has 1 aliphatic heterocycles. The van der Waals surface area contributed by atoms with Crippen molar-refractivity contribution in [3.63, 3.8) is 0 Å². The molecule has 0 saturated carbocycles. The first-order chi connectivity index (χ1) is 13.9. The van der Waals surface area contributed by atoms with Gasteiger partial charge in [0.1, 0.15) is 0 Å². The lowest BCUT2D eigenvalue weighted by atomic mass is 10.2. The Hall–Kier alpha value is -2.10. The molecule has 2 amide bonds. The van der Waals surface area contributed by atoms with Gasteiger partial charge in [-0.15, -0.1) is 0 Å². The number of benzene rings is 2. The number of halogens is 2. The van der Waals surface area contributed by atoms with E-state index >= 15 is 0 Å². The Labute approximate surface area is 179 Å². The van der Waals surface area contributed by atoms with Crippen LogP contribution in [0.3, 0.4) is 0 Å². The number of nitrogens with one attached hydrogen (secondary N) is 2. The third-order valence-electron chi connectivity index (χ3n) is 4.15. The zero-order valence-corrected chi connectivity index (χ0v) is 17.6. The van der Waals surface area contributed by atoms with Gasteiger partial charge in [0, 0.05) is 24.3 Å². The summed E-state index contributed by atoms with van der Waals surface area (Å²) in [7, 11) is -3.70. The van der Waals surface area contributed by atoms with E-state index in [9.17, 15) is 13.2 Å². The normalized spacial score (nSPS) is 15.4. The van der Waals surface area contributed by atoms with Crippen molar-refractivity contribution in [2.45, 2.75) is 4.90 Å². The van der Waals surface area contributed by atoms with E-state index in [0.717, 1.165) is 5.56 Å². The summed E-state index contributed by atoms with van der Waals surface area (Å²) in [6.45, 7) is 1.26. The monoisotopic (exact) mass is 455 g/mol. The third-order valence-corrected chi connectivity index (χ3v) is 6.63. The highest BCUT2D eigenvalue weighted by atomic mass is 35.5. The van der Waals surface area contributed by atoms with Gasteiger partial charge in [-0.05, 0) is 42.0 Å². The van der Waals surface area contributed by atoms with Crippen LogP contribution in [0.15, 0.2) is 53.6 Å². The number of urea groups is 1. The van der Waals surface area contributed by atoms with Crippen molar-refractivity contribution in [1.29, 1.82) is 0 Å². The van der Waals surface area contributed by atoms with E-state index in [1.165, 1.54) is 28.7 Å². The predicted octanol–water partition coefficient (Wildman–Crippen LogP) is 3.81. The van der Waals surface area contributed by atoms with Gasteiger partial charge in [0.15, 0.2) is 0 Å². The van der Waals surface area contributed by atoms with E-state index in [1.807, 2.05) is 0 Å². The fraction of sp³-hybridized carbons (Fsp3) is 0.211. The summed E-state index contributed by atoms with van der Waals surface area (Å²) < 4.78 is 32.1. The number of sulfonamides is 1. The molecule has 1 heterocycles. The highest BCUT2D eigenvalue weighted by Crippen LogP contribution is 2.27. The number of anilines is 1. The van der Waals surface area contributed by atoms with Crippen LogP contribution < -0.4 is 10.6 Å². The lowest BCUT2D eigenvalue weighted by molar-refractivity contribution is 0.0730. The number of ether oxygens (including phenoxy) is 1. The van der Waals surface area contributed by atoms with Gasteiger partial charge in [0.05, 0.1) is 28.8 Å². The first kappa shape index (κ1) is 21.6. The van der Waals surface area contributed by atoms with Crippen molar-refractivity contribution < 1.29 is 17.9 Å². The lowest BCUT2D eigenvalue weighted by Crippen LogP contribution is -2.40. The number of morpholine rings is 1. The Kier molecular flexibility index (Phi) is 7.15. The van der Waals surface area contributed by atoms with Gasteiger partial charge in [-0.3, -0.25) is 0 Å². The zero-order chi connectivity index (χ0) is 20.9. The molecule has 1 aliphatic rings. The largest absolute Gasteiger partial charge is 0.379 e. The molecule has 1 fully saturated rings. The topological polar surface area (TPSA) is 87.7 Å². The minimum absolute atomic E-state index is 0.0517. The molecule has 2 aromatic rings. The number of amides is 2. The highest BCUT2D eigenvalue weighted by Gasteiger charge is 2.27. The van der Waals surface area contributed by atoms with Crippen LogP contribution in [0.1, 0.15) is 5.56 Å². The van der Waals surface area contributed by atoms with Gasteiger partial charge in [0.2, 0.25) is 10.0 Å². The van der Waals surface area contributed by atoms with Crippen LogP contribution in [-0.4, -0.2) is 45.1 Å². The lowest BCUT2D eigenvalue weighted by Gasteiger charge is -2.26. The molecule has 0 aromatic heterocycles. The molecule has 0 unspecified atom stereocenters. The summed E-state index contributed by atoms with van der Waals surface area (Å²) in [5.41, 5.74) is 1.05. The van der Waals surface area contributed by atoms with Gasteiger partial charge < -0.3 is 15.4 Å². The minimum Gasteiger partial charge on any atom is -0.379 e. The second-order valence-corrected chi connectivity index (χ2v) is 8.92. The van der Waals surface area contributed by atoms with Gasteiger partial charge in [-0.1, -0.05) is 35.3 Å². The van der Waals surface area contributed by atoms with Gasteiger partial charge in [-0.25, -0.2) is 13.2 Å². The van der Waals surface area contributed by atoms with Crippen LogP contribution in [-0.2, 0) is 14.8 Å². The smallest absolute Gasteiger partial charge is 0.323 e. The van der Waals surface area contributed by atoms with E-state index in [2.05, 4.69) is 10.6 Å². The average molecular weight is 456 g/mol. The summed E-state index contributed by atoms with van der Waals surface area (Å²) in [5, 5.41) is 5.95. The van der Waals surface area contributed by atoms with Crippen LogP contribution in [0.25, 0.3) is 6.08 Å². The van der Waals surface area contributed by atoms with Crippen LogP contribution in [0.4, 0.5) is 10.5 Å². The Morgan fingerprint density at radius 2 is 1.76 bits per heavy atom. The Morgan fingerprint density at radius 3 is 2.45 bits per heavy atom. The molecule has 154 valence electrons. The van der Waals surface area contributed by atoms with Crippen molar-refractivity contribution in [2.24, 2.45) is 0 Å². The standard InChI is InChI=1S/C19H19Cl2N3O4S/c20-15-3-1-14(2-4-15)7-8-22-19(25)23-18-13-16(5-6-17(18)21)29(26,27)24-9-11-28-12-10-24/h1-8,13H,9-12H2,(H2,22,23,25)/b8-7+. The van der Waals surface area contributed by atoms with Crippen LogP contribution in [0.2, 0.25) is 10.0 Å². The molecule has 1 saturated heterocycles. The highest BCUT2D eigenvalue weighted by molar-refractivity contribution is 7.89. The maximum atomic E-state index is 12.8. The minimum atomic E-state index is -3.70. The van der Waals surface area contributed by atoms with E-state index < -0.39 is 16.1 Å². The molecule has 2 N–H and O–H groups in total. The van der Waals surface area contributed by atoms with Crippen LogP contribution in [0.5, 0.6) is 0 Å². The summed E-state index contributed by atoms with van der Waals surface area (Å²) in [4.78, 5) is 12.2. The Bertz CT molecular complexity index is 1000. The SMILES string of the molecule is O=C(N/C=C/c1ccc(Cl)cc1)Nc1cc(S(=O)(=O)N2CCOCC2)ccc1Cl. The van der Waals surface area contributed by atoms with Crippen molar-refractivity contribution in [2.75, 3.05) is 31.6 Å². The molecule has 0 bridgehead atoms. The van der Waals surface area contributed by atoms with E-state index in [-0.39, 0.29) is 28.7 Å². The molecule has 3 rings (SSSR count). The van der Waals surface area contributed by atoms with Gasteiger partial charge in [-0.2, -0.15) is 4.31 Å². The Balaban J connectivity index is 1.67. The number of rotatable bonds is 5. The molecule has 7 nitrogen and oxygen atoms in total. The predicted molar refractivity (Wildman–Crippen MR) is 114 cm³/mol. The molecule has 0 spiro atoms. The molecular formula is C19H19Cl2N3O4S. The average Bonchev–Trinajstić information content (AvgIpc) is 2.71. The van der Waals surface area contributed by atoms with Crippen molar-refractivity contribution in [3.05, 3.63) is 64.3 Å². The summed E-state index contributed by atoms with van der Waals surface area (Å²) in [5.74, 6) is 0. The molecule has 0 aliphatic carbocycles. The summed E-state index contributed by atoms with van der Waals surface area (Å²) >= 11 is 11.9. The third kappa shape index (κ3) is 5.71. The van der Waals surface area contributed by atoms with E-state index in [4.69, 9.17) is 27.9 Å². The van der Waals surface area contributed by atoms with Crippen molar-refractivity contribution in [3.8, 4) is 0 Å². The molecule has 0 radical (unpaired) electrons. The molecule has 10 heteroatoms. The van der Waals surface area contributed by atoms with E-state index in [0.29, 0.717) is 18.2 Å². The number of hydrogen-bond acceptors (Lipinski definition) is 4. The quantitative estimate of drug-likeness (QED) is 0.717.